The van der Waals surface area contributed by atoms with Crippen molar-refractivity contribution in [2.45, 2.75) is 39.3 Å². The van der Waals surface area contributed by atoms with Crippen molar-refractivity contribution in [2.24, 2.45) is 16.6 Å². The number of piperidine rings is 1. The highest BCUT2D eigenvalue weighted by Crippen LogP contribution is 2.15. The molecule has 1 fully saturated rings. The second-order valence-electron chi connectivity index (χ2n) is 6.62. The van der Waals surface area contributed by atoms with Crippen LogP contribution < -0.4 is 5.73 Å². The van der Waals surface area contributed by atoms with Crippen LogP contribution >= 0.6 is 0 Å². The first-order valence-electron chi connectivity index (χ1n) is 8.35. The van der Waals surface area contributed by atoms with E-state index in [9.17, 15) is 0 Å². The van der Waals surface area contributed by atoms with E-state index in [0.717, 1.165) is 32.1 Å². The predicted molar refractivity (Wildman–Crippen MR) is 93.8 cm³/mol. The minimum absolute atomic E-state index is 0.377. The van der Waals surface area contributed by atoms with E-state index in [4.69, 9.17) is 5.73 Å². The summed E-state index contributed by atoms with van der Waals surface area (Å²) < 4.78 is 0. The van der Waals surface area contributed by atoms with Crippen LogP contribution in [0.15, 0.2) is 35.3 Å². The lowest BCUT2D eigenvalue weighted by Crippen LogP contribution is -2.43. The van der Waals surface area contributed by atoms with Gasteiger partial charge in [-0.3, -0.25) is 9.89 Å². The van der Waals surface area contributed by atoms with Gasteiger partial charge in [0.2, 0.25) is 0 Å². The molecule has 22 heavy (non-hydrogen) atoms. The fourth-order valence-corrected chi connectivity index (χ4v) is 2.73. The van der Waals surface area contributed by atoms with Crippen LogP contribution in [0.25, 0.3) is 0 Å². The standard InChI is InChI=1S/C18H30N4/c1-15-9-11-22(12-10-15)18(19)20-13-16(2)21(3)14-17-7-5-4-6-8-17/h4-8,15-16H,9-14H2,1-3H3,(H2,19,20). The largest absolute Gasteiger partial charge is 0.370 e. The number of rotatable bonds is 5. The zero-order valence-electron chi connectivity index (χ0n) is 14.2. The molecule has 1 aliphatic rings. The minimum atomic E-state index is 0.377. The third-order valence-electron chi connectivity index (χ3n) is 4.65. The maximum absolute atomic E-state index is 6.15. The highest BCUT2D eigenvalue weighted by molar-refractivity contribution is 5.78. The monoisotopic (exact) mass is 302 g/mol. The first-order valence-corrected chi connectivity index (χ1v) is 8.35. The maximum Gasteiger partial charge on any atom is 0.191 e. The first kappa shape index (κ1) is 16.8. The molecule has 0 bridgehead atoms. The molecule has 4 heteroatoms. The van der Waals surface area contributed by atoms with Crippen molar-refractivity contribution in [2.75, 3.05) is 26.7 Å². The minimum Gasteiger partial charge on any atom is -0.370 e. The third kappa shape index (κ3) is 5.02. The fraction of sp³-hybridized carbons (Fsp3) is 0.611. The van der Waals surface area contributed by atoms with Crippen molar-refractivity contribution in [3.05, 3.63) is 35.9 Å². The summed E-state index contributed by atoms with van der Waals surface area (Å²) in [6, 6.07) is 10.9. The molecule has 0 radical (unpaired) electrons. The highest BCUT2D eigenvalue weighted by Gasteiger charge is 2.17. The number of likely N-dealkylation sites (N-methyl/N-ethyl adjacent to an activating group) is 1. The molecule has 0 saturated carbocycles. The Bertz CT molecular complexity index is 463. The molecule has 122 valence electrons. The molecule has 2 rings (SSSR count). The SMILES string of the molecule is CC1CCN(C(N)=NCC(C)N(C)Cc2ccccc2)CC1. The van der Waals surface area contributed by atoms with E-state index in [1.165, 1.54) is 18.4 Å². The van der Waals surface area contributed by atoms with Gasteiger partial charge in [-0.1, -0.05) is 37.3 Å². The Hall–Kier alpha value is -1.55. The molecule has 1 heterocycles. The second kappa shape index (κ2) is 8.18. The van der Waals surface area contributed by atoms with Crippen molar-refractivity contribution in [1.82, 2.24) is 9.80 Å². The van der Waals surface area contributed by atoms with Gasteiger partial charge in [0.25, 0.3) is 0 Å². The highest BCUT2D eigenvalue weighted by atomic mass is 15.3. The molecular weight excluding hydrogens is 272 g/mol. The maximum atomic E-state index is 6.15. The molecule has 0 spiro atoms. The average Bonchev–Trinajstić information content (AvgIpc) is 2.53. The Balaban J connectivity index is 1.80. The quantitative estimate of drug-likeness (QED) is 0.671. The van der Waals surface area contributed by atoms with Crippen molar-refractivity contribution in [3.8, 4) is 0 Å². The summed E-state index contributed by atoms with van der Waals surface area (Å²) in [5, 5.41) is 0. The van der Waals surface area contributed by atoms with E-state index in [2.05, 4.69) is 66.0 Å². The van der Waals surface area contributed by atoms with Crippen LogP contribution in [0.2, 0.25) is 0 Å². The van der Waals surface area contributed by atoms with E-state index in [-0.39, 0.29) is 0 Å². The third-order valence-corrected chi connectivity index (χ3v) is 4.65. The van der Waals surface area contributed by atoms with E-state index < -0.39 is 0 Å². The predicted octanol–water partition coefficient (Wildman–Crippen LogP) is 2.55. The van der Waals surface area contributed by atoms with Gasteiger partial charge in [-0.05, 0) is 38.3 Å². The molecule has 1 aromatic rings. The van der Waals surface area contributed by atoms with Gasteiger partial charge >= 0.3 is 0 Å². The molecule has 1 unspecified atom stereocenters. The molecule has 0 aliphatic carbocycles. The number of nitrogens with two attached hydrogens (primary N) is 1. The molecule has 4 nitrogen and oxygen atoms in total. The van der Waals surface area contributed by atoms with Gasteiger partial charge in [-0.25, -0.2) is 0 Å². The molecule has 0 amide bonds. The summed E-state index contributed by atoms with van der Waals surface area (Å²) in [6.45, 7) is 8.30. The van der Waals surface area contributed by atoms with Crippen LogP contribution in [0.4, 0.5) is 0 Å². The molecule has 1 saturated heterocycles. The number of hydrogen-bond acceptors (Lipinski definition) is 2. The van der Waals surface area contributed by atoms with Gasteiger partial charge in [-0.15, -0.1) is 0 Å². The van der Waals surface area contributed by atoms with Crippen LogP contribution in [0, 0.1) is 5.92 Å². The Labute approximate surface area is 135 Å². The van der Waals surface area contributed by atoms with Crippen LogP contribution in [-0.2, 0) is 6.54 Å². The summed E-state index contributed by atoms with van der Waals surface area (Å²) in [5.41, 5.74) is 7.48. The van der Waals surface area contributed by atoms with Crippen LogP contribution in [0.3, 0.4) is 0 Å². The van der Waals surface area contributed by atoms with Gasteiger partial charge in [0.05, 0.1) is 6.54 Å². The summed E-state index contributed by atoms with van der Waals surface area (Å²) >= 11 is 0. The lowest BCUT2D eigenvalue weighted by atomic mass is 10.00. The number of aliphatic imine (C=N–C) groups is 1. The van der Waals surface area contributed by atoms with Crippen molar-refractivity contribution < 1.29 is 0 Å². The molecular formula is C18H30N4. The number of hydrogen-bond donors (Lipinski definition) is 1. The van der Waals surface area contributed by atoms with Crippen LogP contribution in [0.5, 0.6) is 0 Å². The van der Waals surface area contributed by atoms with E-state index >= 15 is 0 Å². The summed E-state index contributed by atoms with van der Waals surface area (Å²) in [5.74, 6) is 1.53. The summed E-state index contributed by atoms with van der Waals surface area (Å²) in [7, 11) is 2.14. The number of nitrogens with zero attached hydrogens (tertiary/aromatic N) is 3. The molecule has 1 aliphatic heterocycles. The number of benzene rings is 1. The van der Waals surface area contributed by atoms with Crippen molar-refractivity contribution in [1.29, 1.82) is 0 Å². The Morgan fingerprint density at radius 1 is 1.32 bits per heavy atom. The lowest BCUT2D eigenvalue weighted by molar-refractivity contribution is 0.251. The molecule has 1 aromatic carbocycles. The average molecular weight is 302 g/mol. The van der Waals surface area contributed by atoms with E-state index in [1.54, 1.807) is 0 Å². The van der Waals surface area contributed by atoms with Gasteiger partial charge < -0.3 is 10.6 Å². The van der Waals surface area contributed by atoms with Gasteiger partial charge in [-0.2, -0.15) is 0 Å². The Kier molecular flexibility index (Phi) is 6.25. The van der Waals surface area contributed by atoms with Gasteiger partial charge in [0, 0.05) is 25.7 Å². The zero-order chi connectivity index (χ0) is 15.9. The molecule has 1 atom stereocenters. The number of likely N-dealkylation sites (tertiary alicyclic amines) is 1. The smallest absolute Gasteiger partial charge is 0.191 e. The Morgan fingerprint density at radius 2 is 1.95 bits per heavy atom. The lowest BCUT2D eigenvalue weighted by Gasteiger charge is -2.31. The first-order chi connectivity index (χ1) is 10.6. The summed E-state index contributed by atoms with van der Waals surface area (Å²) in [6.07, 6.45) is 2.44. The fourth-order valence-electron chi connectivity index (χ4n) is 2.73. The van der Waals surface area contributed by atoms with Crippen molar-refractivity contribution >= 4 is 5.96 Å². The Morgan fingerprint density at radius 3 is 2.59 bits per heavy atom. The van der Waals surface area contributed by atoms with Crippen LogP contribution in [0.1, 0.15) is 32.3 Å². The summed E-state index contributed by atoms with van der Waals surface area (Å²) in [4.78, 5) is 9.16. The van der Waals surface area contributed by atoms with E-state index in [1.807, 2.05) is 0 Å². The van der Waals surface area contributed by atoms with Crippen molar-refractivity contribution in [3.63, 3.8) is 0 Å². The van der Waals surface area contributed by atoms with Gasteiger partial charge in [0.15, 0.2) is 5.96 Å². The normalized spacial score (nSPS) is 18.7. The second-order valence-corrected chi connectivity index (χ2v) is 6.62. The topological polar surface area (TPSA) is 44.9 Å². The van der Waals surface area contributed by atoms with Gasteiger partial charge in [0.1, 0.15) is 0 Å². The number of guanidine groups is 1. The molecule has 2 N–H and O–H groups in total. The molecule has 0 aromatic heterocycles. The van der Waals surface area contributed by atoms with E-state index in [0.29, 0.717) is 12.0 Å². The zero-order valence-corrected chi connectivity index (χ0v) is 14.2. The van der Waals surface area contributed by atoms with Crippen LogP contribution in [-0.4, -0.2) is 48.5 Å².